The zero-order valence-corrected chi connectivity index (χ0v) is 26.2. The second-order valence-corrected chi connectivity index (χ2v) is 12.5. The van der Waals surface area contributed by atoms with Crippen LogP contribution in [0, 0.1) is 0 Å². The molecule has 0 bridgehead atoms. The summed E-state index contributed by atoms with van der Waals surface area (Å²) in [5, 5.41) is 6.26. The van der Waals surface area contributed by atoms with E-state index in [1.807, 2.05) is 103 Å². The summed E-state index contributed by atoms with van der Waals surface area (Å²) in [5.74, 6) is 0. The highest BCUT2D eigenvalue weighted by Crippen LogP contribution is 2.39. The minimum atomic E-state index is -0.346. The topological polar surface area (TPSA) is 48.9 Å². The van der Waals surface area contributed by atoms with Gasteiger partial charge in [-0.2, -0.15) is 0 Å². The molecule has 5 heteroatoms. The zero-order chi connectivity index (χ0) is 32.6. The van der Waals surface area contributed by atoms with Gasteiger partial charge in [0.05, 0.1) is 33.1 Å². The minimum absolute atomic E-state index is 0.343. The summed E-state index contributed by atoms with van der Waals surface area (Å²) in [4.78, 5) is 30.0. The van der Waals surface area contributed by atoms with E-state index in [9.17, 15) is 4.79 Å². The highest BCUT2D eigenvalue weighted by molar-refractivity contribution is 6.26. The van der Waals surface area contributed by atoms with E-state index in [1.165, 1.54) is 4.57 Å². The monoisotopic (exact) mass is 629 g/mol. The molecule has 10 rings (SSSR count). The molecule has 230 valence electrons. The molecule has 0 aliphatic carbocycles. The van der Waals surface area contributed by atoms with Crippen LogP contribution in [0.4, 0.5) is 0 Å². The maximum absolute atomic E-state index is 15.1. The summed E-state index contributed by atoms with van der Waals surface area (Å²) in [6.45, 7) is 0. The summed E-state index contributed by atoms with van der Waals surface area (Å²) in [5.41, 5.74) is 5.79. The Balaban J connectivity index is 1.49. The highest BCUT2D eigenvalue weighted by atomic mass is 16.2. The highest BCUT2D eigenvalue weighted by Gasteiger charge is 2.22. The lowest BCUT2D eigenvalue weighted by atomic mass is 10.0. The fourth-order valence-corrected chi connectivity index (χ4v) is 7.77. The van der Waals surface area contributed by atoms with Crippen LogP contribution in [0.2, 0.25) is 0 Å². The fourth-order valence-electron chi connectivity index (χ4n) is 7.77. The van der Waals surface area contributed by atoms with E-state index >= 15 is 4.79 Å². The van der Waals surface area contributed by atoms with Gasteiger partial charge in [-0.1, -0.05) is 97.1 Å². The molecule has 0 aliphatic heterocycles. The Labute approximate surface area is 279 Å². The molecule has 0 radical (unpaired) electrons. The SMILES string of the molecule is O=c1c2cc3c4ccccc4n(-c4ccccc4)c3cc2c2ccc3c(c4ccccc4n3-c3ccccc3)c2c(=O)n1-c1ccccc1. The first kappa shape index (κ1) is 27.4. The molecule has 0 saturated carbocycles. The summed E-state index contributed by atoms with van der Waals surface area (Å²) in [7, 11) is 0. The van der Waals surface area contributed by atoms with Gasteiger partial charge in [0.25, 0.3) is 11.1 Å². The predicted molar refractivity (Wildman–Crippen MR) is 202 cm³/mol. The number of fused-ring (bicyclic) bond motifs is 10. The Morgan fingerprint density at radius 2 is 0.796 bits per heavy atom. The minimum Gasteiger partial charge on any atom is -0.309 e. The molecule has 3 heterocycles. The van der Waals surface area contributed by atoms with Crippen molar-refractivity contribution in [2.24, 2.45) is 0 Å². The lowest BCUT2D eigenvalue weighted by Crippen LogP contribution is -2.28. The maximum Gasteiger partial charge on any atom is 0.266 e. The second-order valence-electron chi connectivity index (χ2n) is 12.5. The number of nitrogens with zero attached hydrogens (tertiary/aromatic N) is 3. The fraction of sp³-hybridized carbons (Fsp3) is 0. The van der Waals surface area contributed by atoms with Crippen molar-refractivity contribution in [3.8, 4) is 17.1 Å². The lowest BCUT2D eigenvalue weighted by molar-refractivity contribution is 0.977. The second kappa shape index (κ2) is 10.4. The number of benzene rings is 7. The largest absolute Gasteiger partial charge is 0.309 e. The Morgan fingerprint density at radius 1 is 0.286 bits per heavy atom. The van der Waals surface area contributed by atoms with Crippen LogP contribution in [0.3, 0.4) is 0 Å². The predicted octanol–water partition coefficient (Wildman–Crippen LogP) is 9.70. The van der Waals surface area contributed by atoms with E-state index in [0.717, 1.165) is 65.8 Å². The lowest BCUT2D eigenvalue weighted by Gasteiger charge is -2.08. The van der Waals surface area contributed by atoms with Gasteiger partial charge in [-0.25, -0.2) is 4.57 Å². The molecular formula is C44H27N3O2. The van der Waals surface area contributed by atoms with Crippen LogP contribution in [0.25, 0.3) is 82.2 Å². The third-order valence-corrected chi connectivity index (χ3v) is 9.83. The van der Waals surface area contributed by atoms with Crippen LogP contribution in [0.5, 0.6) is 0 Å². The summed E-state index contributed by atoms with van der Waals surface area (Å²) < 4.78 is 5.81. The van der Waals surface area contributed by atoms with Gasteiger partial charge in [-0.3, -0.25) is 9.59 Å². The quantitative estimate of drug-likeness (QED) is 0.195. The molecular weight excluding hydrogens is 603 g/mol. The molecule has 0 amide bonds. The van der Waals surface area contributed by atoms with Crippen molar-refractivity contribution in [2.75, 3.05) is 0 Å². The van der Waals surface area contributed by atoms with Crippen molar-refractivity contribution in [2.45, 2.75) is 0 Å². The van der Waals surface area contributed by atoms with Crippen LogP contribution in [-0.2, 0) is 0 Å². The Kier molecular flexibility index (Phi) is 5.81. The number of hydrogen-bond donors (Lipinski definition) is 0. The summed E-state index contributed by atoms with van der Waals surface area (Å²) in [6.07, 6.45) is 0. The molecule has 0 N–H and O–H groups in total. The molecule has 3 aromatic heterocycles. The molecule has 0 unspecified atom stereocenters. The van der Waals surface area contributed by atoms with Crippen LogP contribution < -0.4 is 11.1 Å². The standard InChI is InChI=1S/C44H27N3O2/c48-43-36-26-35-31-20-10-12-22-37(31)46(29-16-6-2-7-17-29)40(35)27-34(36)32-24-25-39-41(42(32)44(49)47(43)30-18-8-3-9-19-30)33-21-11-13-23-38(33)45(39)28-14-4-1-5-15-28/h1-27H. The van der Waals surface area contributed by atoms with Crippen molar-refractivity contribution >= 4 is 65.2 Å². The molecule has 49 heavy (non-hydrogen) atoms. The Bertz CT molecular complexity index is 3070. The van der Waals surface area contributed by atoms with Gasteiger partial charge in [-0.05, 0) is 77.5 Å². The maximum atomic E-state index is 15.1. The van der Waals surface area contributed by atoms with E-state index < -0.39 is 0 Å². The summed E-state index contributed by atoms with van der Waals surface area (Å²) >= 11 is 0. The van der Waals surface area contributed by atoms with Crippen molar-refractivity contribution in [1.29, 1.82) is 0 Å². The van der Waals surface area contributed by atoms with Crippen molar-refractivity contribution in [3.05, 3.63) is 184 Å². The van der Waals surface area contributed by atoms with Crippen molar-refractivity contribution < 1.29 is 0 Å². The van der Waals surface area contributed by atoms with Gasteiger partial charge >= 0.3 is 0 Å². The number of rotatable bonds is 3. The third-order valence-electron chi connectivity index (χ3n) is 9.83. The van der Waals surface area contributed by atoms with Crippen molar-refractivity contribution in [1.82, 2.24) is 13.7 Å². The normalized spacial score (nSPS) is 11.8. The molecule has 0 atom stereocenters. The van der Waals surface area contributed by atoms with Crippen LogP contribution in [0.15, 0.2) is 173 Å². The smallest absolute Gasteiger partial charge is 0.266 e. The number of aromatic nitrogens is 3. The molecule has 10 aromatic rings. The molecule has 7 aromatic carbocycles. The molecule has 5 nitrogen and oxygen atoms in total. The van der Waals surface area contributed by atoms with Crippen LogP contribution in [-0.4, -0.2) is 13.7 Å². The first-order chi connectivity index (χ1) is 24.2. The van der Waals surface area contributed by atoms with Gasteiger partial charge in [-0.15, -0.1) is 0 Å². The average Bonchev–Trinajstić information content (AvgIpc) is 3.65. The van der Waals surface area contributed by atoms with Gasteiger partial charge in [0.1, 0.15) is 0 Å². The summed E-state index contributed by atoms with van der Waals surface area (Å²) in [6, 6.07) is 54.4. The van der Waals surface area contributed by atoms with E-state index in [2.05, 4.69) is 69.8 Å². The van der Waals surface area contributed by atoms with Gasteiger partial charge in [0, 0.05) is 38.3 Å². The van der Waals surface area contributed by atoms with E-state index in [1.54, 1.807) is 0 Å². The molecule has 0 aliphatic rings. The Morgan fingerprint density at radius 3 is 1.43 bits per heavy atom. The molecule has 0 fully saturated rings. The third kappa shape index (κ3) is 3.87. The van der Waals surface area contributed by atoms with E-state index in [0.29, 0.717) is 16.5 Å². The molecule has 0 spiro atoms. The van der Waals surface area contributed by atoms with Crippen LogP contribution in [0.1, 0.15) is 0 Å². The Hall–Kier alpha value is -6.72. The van der Waals surface area contributed by atoms with Crippen LogP contribution >= 0.6 is 0 Å². The van der Waals surface area contributed by atoms with Gasteiger partial charge in [0.15, 0.2) is 0 Å². The number of hydrogen-bond acceptors (Lipinski definition) is 2. The van der Waals surface area contributed by atoms with Gasteiger partial charge in [0.2, 0.25) is 0 Å². The van der Waals surface area contributed by atoms with E-state index in [-0.39, 0.29) is 11.1 Å². The van der Waals surface area contributed by atoms with E-state index in [4.69, 9.17) is 0 Å². The van der Waals surface area contributed by atoms with Gasteiger partial charge < -0.3 is 9.13 Å². The first-order valence-corrected chi connectivity index (χ1v) is 16.4. The molecule has 0 saturated heterocycles. The first-order valence-electron chi connectivity index (χ1n) is 16.4. The number of para-hydroxylation sites is 5. The van der Waals surface area contributed by atoms with Crippen molar-refractivity contribution in [3.63, 3.8) is 0 Å². The average molecular weight is 630 g/mol. The zero-order valence-electron chi connectivity index (χ0n) is 26.2.